The van der Waals surface area contributed by atoms with Gasteiger partial charge in [0.05, 0.1) is 13.2 Å². The van der Waals surface area contributed by atoms with Gasteiger partial charge in [-0.25, -0.2) is 0 Å². The molecule has 1 aliphatic heterocycles. The van der Waals surface area contributed by atoms with E-state index in [9.17, 15) is 9.59 Å². The summed E-state index contributed by atoms with van der Waals surface area (Å²) >= 11 is 0. The zero-order valence-corrected chi connectivity index (χ0v) is 12.5. The van der Waals surface area contributed by atoms with Crippen molar-refractivity contribution in [3.05, 3.63) is 0 Å². The van der Waals surface area contributed by atoms with E-state index in [0.717, 1.165) is 25.9 Å². The lowest BCUT2D eigenvalue weighted by Crippen LogP contribution is -2.38. The number of rotatable bonds is 9. The van der Waals surface area contributed by atoms with Gasteiger partial charge in [-0.1, -0.05) is 0 Å². The molecule has 0 radical (unpaired) electrons. The highest BCUT2D eigenvalue weighted by molar-refractivity contribution is 5.82. The van der Waals surface area contributed by atoms with Crippen molar-refractivity contribution >= 4 is 11.9 Å². The van der Waals surface area contributed by atoms with Crippen LogP contribution < -0.4 is 5.32 Å². The molecule has 1 amide bonds. The zero-order chi connectivity index (χ0) is 14.8. The number of carbonyl (C=O) groups excluding carboxylic acids is 2. The summed E-state index contributed by atoms with van der Waals surface area (Å²) in [7, 11) is 1.58. The quantitative estimate of drug-likeness (QED) is 0.622. The van der Waals surface area contributed by atoms with E-state index in [0.29, 0.717) is 32.1 Å². The monoisotopic (exact) mass is 286 g/mol. The first kappa shape index (κ1) is 16.9. The molecule has 20 heavy (non-hydrogen) atoms. The third kappa shape index (κ3) is 6.34. The van der Waals surface area contributed by atoms with Gasteiger partial charge in [-0.3, -0.25) is 9.59 Å². The minimum Gasteiger partial charge on any atom is -0.465 e. The molecule has 0 aromatic carbocycles. The molecule has 0 aromatic heterocycles. The Morgan fingerprint density at radius 2 is 2.20 bits per heavy atom. The lowest BCUT2D eigenvalue weighted by Gasteiger charge is -2.22. The average molecular weight is 286 g/mol. The highest BCUT2D eigenvalue weighted by atomic mass is 16.5. The summed E-state index contributed by atoms with van der Waals surface area (Å²) < 4.78 is 9.88. The van der Waals surface area contributed by atoms with Crippen LogP contribution in [0.25, 0.3) is 0 Å². The van der Waals surface area contributed by atoms with E-state index in [1.54, 1.807) is 14.0 Å². The minimum absolute atomic E-state index is 0.00185. The summed E-state index contributed by atoms with van der Waals surface area (Å²) in [5.74, 6) is 0.215. The number of ether oxygens (including phenoxy) is 2. The van der Waals surface area contributed by atoms with Crippen molar-refractivity contribution in [1.29, 1.82) is 0 Å². The molecule has 0 aromatic rings. The third-order valence-corrected chi connectivity index (χ3v) is 3.47. The number of methoxy groups -OCH3 is 1. The van der Waals surface area contributed by atoms with Crippen molar-refractivity contribution in [3.63, 3.8) is 0 Å². The van der Waals surface area contributed by atoms with Gasteiger partial charge in [0.25, 0.3) is 0 Å². The third-order valence-electron chi connectivity index (χ3n) is 3.47. The van der Waals surface area contributed by atoms with E-state index in [1.165, 1.54) is 4.90 Å². The molecule has 0 spiro atoms. The number of nitrogens with one attached hydrogen (secondary N) is 1. The molecule has 1 heterocycles. The molecular weight excluding hydrogens is 260 g/mol. The van der Waals surface area contributed by atoms with Gasteiger partial charge in [-0.2, -0.15) is 0 Å². The molecule has 0 aliphatic carbocycles. The van der Waals surface area contributed by atoms with Gasteiger partial charge in [-0.05, 0) is 38.8 Å². The highest BCUT2D eigenvalue weighted by Gasteiger charge is 2.20. The van der Waals surface area contributed by atoms with E-state index in [1.807, 2.05) is 0 Å². The summed E-state index contributed by atoms with van der Waals surface area (Å²) in [6, 6.07) is 0. The van der Waals surface area contributed by atoms with Crippen LogP contribution in [0.2, 0.25) is 0 Å². The van der Waals surface area contributed by atoms with E-state index in [2.05, 4.69) is 5.32 Å². The second-order valence-electron chi connectivity index (χ2n) is 5.01. The van der Waals surface area contributed by atoms with Gasteiger partial charge in [0, 0.05) is 20.1 Å². The zero-order valence-electron chi connectivity index (χ0n) is 12.5. The fourth-order valence-corrected chi connectivity index (χ4v) is 2.30. The second-order valence-corrected chi connectivity index (χ2v) is 5.01. The molecule has 1 aliphatic rings. The van der Waals surface area contributed by atoms with E-state index in [-0.39, 0.29) is 18.4 Å². The summed E-state index contributed by atoms with van der Waals surface area (Å²) in [6.07, 6.45) is 2.48. The molecule has 0 saturated carbocycles. The van der Waals surface area contributed by atoms with Crippen LogP contribution in [0.15, 0.2) is 0 Å². The smallest absolute Gasteiger partial charge is 0.325 e. The van der Waals surface area contributed by atoms with Gasteiger partial charge in [-0.15, -0.1) is 0 Å². The number of carbonyl (C=O) groups is 2. The van der Waals surface area contributed by atoms with Crippen LogP contribution >= 0.6 is 0 Å². The van der Waals surface area contributed by atoms with Crippen LogP contribution in [0.1, 0.15) is 26.2 Å². The number of esters is 1. The Morgan fingerprint density at radius 3 is 2.80 bits per heavy atom. The van der Waals surface area contributed by atoms with Gasteiger partial charge in [0.1, 0.15) is 6.54 Å². The Hall–Kier alpha value is -1.14. The maximum Gasteiger partial charge on any atom is 0.325 e. The van der Waals surface area contributed by atoms with E-state index in [4.69, 9.17) is 9.47 Å². The van der Waals surface area contributed by atoms with Gasteiger partial charge < -0.3 is 19.7 Å². The molecule has 1 saturated heterocycles. The number of amides is 1. The fourth-order valence-electron chi connectivity index (χ4n) is 2.30. The van der Waals surface area contributed by atoms with Gasteiger partial charge >= 0.3 is 5.97 Å². The van der Waals surface area contributed by atoms with Crippen molar-refractivity contribution in [3.8, 4) is 0 Å². The molecule has 1 unspecified atom stereocenters. The van der Waals surface area contributed by atoms with Crippen LogP contribution in [0, 0.1) is 5.92 Å². The van der Waals surface area contributed by atoms with Gasteiger partial charge in [0.2, 0.25) is 5.91 Å². The second kappa shape index (κ2) is 9.72. The molecule has 1 atom stereocenters. The Balaban J connectivity index is 2.38. The van der Waals surface area contributed by atoms with Crippen molar-refractivity contribution in [2.75, 3.05) is 46.5 Å². The number of nitrogens with zero attached hydrogens (tertiary/aromatic N) is 1. The first-order valence-corrected chi connectivity index (χ1v) is 7.30. The maximum absolute atomic E-state index is 12.2. The van der Waals surface area contributed by atoms with E-state index >= 15 is 0 Å². The maximum atomic E-state index is 12.2. The summed E-state index contributed by atoms with van der Waals surface area (Å²) in [4.78, 5) is 25.2. The Labute approximate surface area is 120 Å². The largest absolute Gasteiger partial charge is 0.465 e. The Bertz CT molecular complexity index is 304. The lowest BCUT2D eigenvalue weighted by atomic mass is 10.0. The molecular formula is C14H26N2O4. The summed E-state index contributed by atoms with van der Waals surface area (Å²) in [5, 5.41) is 3.29. The van der Waals surface area contributed by atoms with Crippen LogP contribution in [-0.4, -0.2) is 63.3 Å². The molecule has 116 valence electrons. The average Bonchev–Trinajstić information content (AvgIpc) is 2.94. The minimum atomic E-state index is -0.362. The molecule has 0 bridgehead atoms. The fraction of sp³-hybridized carbons (Fsp3) is 0.857. The first-order chi connectivity index (χ1) is 9.67. The number of hydrogen-bond donors (Lipinski definition) is 1. The SMILES string of the molecule is CCOC(=O)CN(CCOC)C(=O)CCC1CCNC1. The topological polar surface area (TPSA) is 67.9 Å². The van der Waals surface area contributed by atoms with Crippen molar-refractivity contribution in [2.45, 2.75) is 26.2 Å². The molecule has 1 rings (SSSR count). The predicted octanol–water partition coefficient (Wildman–Crippen LogP) is 0.414. The molecule has 1 fully saturated rings. The van der Waals surface area contributed by atoms with Crippen molar-refractivity contribution in [2.24, 2.45) is 5.92 Å². The normalized spacial score (nSPS) is 18.0. The Morgan fingerprint density at radius 1 is 1.40 bits per heavy atom. The first-order valence-electron chi connectivity index (χ1n) is 7.30. The van der Waals surface area contributed by atoms with Crippen LogP contribution in [-0.2, 0) is 19.1 Å². The molecule has 6 nitrogen and oxygen atoms in total. The summed E-state index contributed by atoms with van der Waals surface area (Å²) in [6.45, 7) is 4.98. The van der Waals surface area contributed by atoms with Crippen LogP contribution in [0.5, 0.6) is 0 Å². The van der Waals surface area contributed by atoms with Crippen molar-refractivity contribution < 1.29 is 19.1 Å². The summed E-state index contributed by atoms with van der Waals surface area (Å²) in [5.41, 5.74) is 0. The Kier molecular flexibility index (Phi) is 8.22. The number of hydrogen-bond acceptors (Lipinski definition) is 5. The van der Waals surface area contributed by atoms with Gasteiger partial charge in [0.15, 0.2) is 0 Å². The molecule has 6 heteroatoms. The molecule has 1 N–H and O–H groups in total. The van der Waals surface area contributed by atoms with Crippen LogP contribution in [0.4, 0.5) is 0 Å². The predicted molar refractivity (Wildman–Crippen MR) is 75.3 cm³/mol. The van der Waals surface area contributed by atoms with Crippen LogP contribution in [0.3, 0.4) is 0 Å². The highest BCUT2D eigenvalue weighted by Crippen LogP contribution is 2.15. The standard InChI is InChI=1S/C14H26N2O4/c1-3-20-14(18)11-16(8-9-19-2)13(17)5-4-12-6-7-15-10-12/h12,15H,3-11H2,1-2H3. The van der Waals surface area contributed by atoms with Crippen molar-refractivity contribution in [1.82, 2.24) is 10.2 Å². The lowest BCUT2D eigenvalue weighted by molar-refractivity contribution is -0.149. The van der Waals surface area contributed by atoms with E-state index < -0.39 is 0 Å².